The van der Waals surface area contributed by atoms with Crippen molar-refractivity contribution in [2.45, 2.75) is 26.3 Å². The third kappa shape index (κ3) is 2.95. The highest BCUT2D eigenvalue weighted by Gasteiger charge is 2.34. The van der Waals surface area contributed by atoms with Gasteiger partial charge in [-0.25, -0.2) is 0 Å². The summed E-state index contributed by atoms with van der Waals surface area (Å²) < 4.78 is 0. The molecule has 1 aliphatic carbocycles. The highest BCUT2D eigenvalue weighted by molar-refractivity contribution is 5.81. The smallest absolute Gasteiger partial charge is 0.225 e. The molecule has 1 amide bonds. The van der Waals surface area contributed by atoms with Crippen molar-refractivity contribution < 1.29 is 4.79 Å². The Bertz CT molecular complexity index is 462. The van der Waals surface area contributed by atoms with Crippen LogP contribution in [0.2, 0.25) is 0 Å². The van der Waals surface area contributed by atoms with Crippen LogP contribution in [-0.4, -0.2) is 46.9 Å². The van der Waals surface area contributed by atoms with Gasteiger partial charge in [0.15, 0.2) is 0 Å². The topological polar surface area (TPSA) is 36.4 Å². The first-order chi connectivity index (χ1) is 9.24. The average Bonchev–Trinajstić information content (AvgIpc) is 3.26. The van der Waals surface area contributed by atoms with Crippen LogP contribution in [0.25, 0.3) is 0 Å². The number of hydrogen-bond donors (Lipinski definition) is 0. The number of hydrogen-bond acceptors (Lipinski definition) is 3. The van der Waals surface area contributed by atoms with Crippen LogP contribution >= 0.6 is 0 Å². The monoisotopic (exact) mass is 259 g/mol. The van der Waals surface area contributed by atoms with Crippen LogP contribution in [-0.2, 0) is 11.3 Å². The third-order valence-electron chi connectivity index (χ3n) is 4.12. The van der Waals surface area contributed by atoms with E-state index in [1.807, 2.05) is 17.2 Å². The van der Waals surface area contributed by atoms with E-state index in [1.54, 1.807) is 0 Å². The molecule has 0 N–H and O–H groups in total. The van der Waals surface area contributed by atoms with Crippen LogP contribution in [0.1, 0.15) is 24.1 Å². The Kier molecular flexibility index (Phi) is 3.51. The second kappa shape index (κ2) is 5.29. The molecular formula is C15H21N3O. The van der Waals surface area contributed by atoms with E-state index in [0.29, 0.717) is 11.8 Å². The van der Waals surface area contributed by atoms with Gasteiger partial charge in [-0.3, -0.25) is 14.7 Å². The molecule has 1 saturated carbocycles. The molecule has 0 aromatic carbocycles. The lowest BCUT2D eigenvalue weighted by molar-refractivity contribution is -0.134. The molecule has 2 aliphatic rings. The number of aryl methyl sites for hydroxylation is 1. The summed E-state index contributed by atoms with van der Waals surface area (Å²) in [7, 11) is 0. The Morgan fingerprint density at radius 1 is 1.32 bits per heavy atom. The van der Waals surface area contributed by atoms with Gasteiger partial charge in [-0.15, -0.1) is 0 Å². The second-order valence-electron chi connectivity index (χ2n) is 5.62. The van der Waals surface area contributed by atoms with E-state index in [0.717, 1.165) is 51.3 Å². The Hall–Kier alpha value is -1.42. The van der Waals surface area contributed by atoms with Crippen LogP contribution in [0.3, 0.4) is 0 Å². The number of nitrogens with zero attached hydrogens (tertiary/aromatic N) is 3. The second-order valence-corrected chi connectivity index (χ2v) is 5.62. The Morgan fingerprint density at radius 2 is 2.05 bits per heavy atom. The van der Waals surface area contributed by atoms with Gasteiger partial charge < -0.3 is 4.90 Å². The molecule has 19 heavy (non-hydrogen) atoms. The molecule has 102 valence electrons. The third-order valence-corrected chi connectivity index (χ3v) is 4.12. The zero-order valence-electron chi connectivity index (χ0n) is 11.5. The molecule has 0 bridgehead atoms. The molecular weight excluding hydrogens is 238 g/mol. The summed E-state index contributed by atoms with van der Waals surface area (Å²) in [5.74, 6) is 0.740. The molecule has 1 aromatic rings. The molecule has 1 aliphatic heterocycles. The van der Waals surface area contributed by atoms with Crippen molar-refractivity contribution in [3.63, 3.8) is 0 Å². The van der Waals surface area contributed by atoms with Gasteiger partial charge in [-0.1, -0.05) is 6.07 Å². The van der Waals surface area contributed by atoms with Crippen molar-refractivity contribution in [3.05, 3.63) is 29.6 Å². The van der Waals surface area contributed by atoms with Gasteiger partial charge in [-0.05, 0) is 31.4 Å². The molecule has 0 radical (unpaired) electrons. The van der Waals surface area contributed by atoms with E-state index < -0.39 is 0 Å². The van der Waals surface area contributed by atoms with Crippen molar-refractivity contribution in [3.8, 4) is 0 Å². The van der Waals surface area contributed by atoms with E-state index in [4.69, 9.17) is 0 Å². The fourth-order valence-electron chi connectivity index (χ4n) is 2.64. The molecule has 0 spiro atoms. The summed E-state index contributed by atoms with van der Waals surface area (Å²) in [5, 5.41) is 0. The summed E-state index contributed by atoms with van der Waals surface area (Å²) in [6, 6.07) is 4.14. The fourth-order valence-corrected chi connectivity index (χ4v) is 2.64. The minimum Gasteiger partial charge on any atom is -0.340 e. The predicted molar refractivity (Wildman–Crippen MR) is 73.6 cm³/mol. The van der Waals surface area contributed by atoms with Gasteiger partial charge >= 0.3 is 0 Å². The standard InChI is InChI=1S/C15H21N3O/c1-12-14(3-2-6-16-12)11-17-7-9-18(10-8-17)15(19)13-4-5-13/h2-3,6,13H,4-5,7-11H2,1H3. The van der Waals surface area contributed by atoms with Gasteiger partial charge in [0.1, 0.15) is 0 Å². The molecule has 2 fully saturated rings. The summed E-state index contributed by atoms with van der Waals surface area (Å²) in [6.45, 7) is 6.73. The molecule has 4 nitrogen and oxygen atoms in total. The SMILES string of the molecule is Cc1ncccc1CN1CCN(C(=O)C2CC2)CC1. The molecule has 0 unspecified atom stereocenters. The summed E-state index contributed by atoms with van der Waals surface area (Å²) in [4.78, 5) is 20.8. The first kappa shape index (κ1) is 12.6. The van der Waals surface area contributed by atoms with Crippen LogP contribution in [0, 0.1) is 12.8 Å². The fraction of sp³-hybridized carbons (Fsp3) is 0.600. The number of carbonyl (C=O) groups is 1. The van der Waals surface area contributed by atoms with E-state index in [1.165, 1.54) is 5.56 Å². The molecule has 2 heterocycles. The van der Waals surface area contributed by atoms with Crippen LogP contribution in [0.4, 0.5) is 0 Å². The van der Waals surface area contributed by atoms with E-state index >= 15 is 0 Å². The van der Waals surface area contributed by atoms with Crippen molar-refractivity contribution in [2.75, 3.05) is 26.2 Å². The quantitative estimate of drug-likeness (QED) is 0.824. The zero-order chi connectivity index (χ0) is 13.2. The van der Waals surface area contributed by atoms with Gasteiger partial charge in [-0.2, -0.15) is 0 Å². The minimum atomic E-state index is 0.354. The number of carbonyl (C=O) groups excluding carboxylic acids is 1. The Labute approximate surface area is 114 Å². The maximum atomic E-state index is 12.0. The van der Waals surface area contributed by atoms with E-state index in [-0.39, 0.29) is 0 Å². The first-order valence-electron chi connectivity index (χ1n) is 7.15. The van der Waals surface area contributed by atoms with E-state index in [9.17, 15) is 4.79 Å². The minimum absolute atomic E-state index is 0.354. The van der Waals surface area contributed by atoms with Gasteiger partial charge in [0, 0.05) is 50.5 Å². The largest absolute Gasteiger partial charge is 0.340 e. The van der Waals surface area contributed by atoms with Gasteiger partial charge in [0.25, 0.3) is 0 Å². The van der Waals surface area contributed by atoms with Crippen molar-refractivity contribution in [1.29, 1.82) is 0 Å². The van der Waals surface area contributed by atoms with Crippen molar-refractivity contribution in [1.82, 2.24) is 14.8 Å². The lowest BCUT2D eigenvalue weighted by atomic mass is 10.1. The van der Waals surface area contributed by atoms with E-state index in [2.05, 4.69) is 22.9 Å². The van der Waals surface area contributed by atoms with Crippen LogP contribution in [0.5, 0.6) is 0 Å². The normalized spacial score (nSPS) is 20.6. The lowest BCUT2D eigenvalue weighted by Crippen LogP contribution is -2.48. The number of aromatic nitrogens is 1. The van der Waals surface area contributed by atoms with Gasteiger partial charge in [0.05, 0.1) is 0 Å². The maximum Gasteiger partial charge on any atom is 0.225 e. The zero-order valence-corrected chi connectivity index (χ0v) is 11.5. The van der Waals surface area contributed by atoms with Gasteiger partial charge in [0.2, 0.25) is 5.91 Å². The molecule has 4 heteroatoms. The highest BCUT2D eigenvalue weighted by atomic mass is 16.2. The highest BCUT2D eigenvalue weighted by Crippen LogP contribution is 2.31. The lowest BCUT2D eigenvalue weighted by Gasteiger charge is -2.35. The molecule has 1 saturated heterocycles. The number of amides is 1. The molecule has 3 rings (SSSR count). The van der Waals surface area contributed by atoms with Crippen molar-refractivity contribution in [2.24, 2.45) is 5.92 Å². The first-order valence-corrected chi connectivity index (χ1v) is 7.15. The van der Waals surface area contributed by atoms with Crippen molar-refractivity contribution >= 4 is 5.91 Å². The Balaban J connectivity index is 1.53. The number of pyridine rings is 1. The number of piperazine rings is 1. The number of rotatable bonds is 3. The maximum absolute atomic E-state index is 12.0. The summed E-state index contributed by atoms with van der Waals surface area (Å²) in [5.41, 5.74) is 2.41. The molecule has 1 aromatic heterocycles. The summed E-state index contributed by atoms with van der Waals surface area (Å²) in [6.07, 6.45) is 4.05. The Morgan fingerprint density at radius 3 is 2.68 bits per heavy atom. The summed E-state index contributed by atoms with van der Waals surface area (Å²) >= 11 is 0. The van der Waals surface area contributed by atoms with Crippen LogP contribution < -0.4 is 0 Å². The average molecular weight is 259 g/mol. The van der Waals surface area contributed by atoms with Crippen LogP contribution in [0.15, 0.2) is 18.3 Å². The molecule has 0 atom stereocenters. The predicted octanol–water partition coefficient (Wildman–Crippen LogP) is 1.44.